The third kappa shape index (κ3) is 6.29. The number of benzene rings is 2. The maximum absolute atomic E-state index is 12.2. The van der Waals surface area contributed by atoms with E-state index >= 15 is 0 Å². The van der Waals surface area contributed by atoms with Crippen molar-refractivity contribution in [1.29, 1.82) is 0 Å². The number of aromatic nitrogens is 1. The smallest absolute Gasteiger partial charge is 0.449 e. The van der Waals surface area contributed by atoms with E-state index in [1.807, 2.05) is 20.8 Å². The second-order valence-corrected chi connectivity index (χ2v) is 10.6. The van der Waals surface area contributed by atoms with E-state index in [9.17, 15) is 4.79 Å². The molecule has 3 rings (SSSR count). The lowest BCUT2D eigenvalue weighted by molar-refractivity contribution is 0.0712. The molecule has 1 N–H and O–H groups in total. The summed E-state index contributed by atoms with van der Waals surface area (Å²) in [7, 11) is -0.717. The van der Waals surface area contributed by atoms with Crippen molar-refractivity contribution < 1.29 is 22.8 Å². The third-order valence-electron chi connectivity index (χ3n) is 5.55. The lowest BCUT2D eigenvalue weighted by Crippen LogP contribution is -2.48. The zero-order chi connectivity index (χ0) is 24.4. The summed E-state index contributed by atoms with van der Waals surface area (Å²) >= 11 is 0. The molecule has 186 valence electrons. The van der Waals surface area contributed by atoms with Crippen molar-refractivity contribution in [3.8, 4) is 0 Å². The number of ether oxygens (including phenoxy) is 1. The first kappa shape index (κ1) is 26.0. The van der Waals surface area contributed by atoms with E-state index in [0.29, 0.717) is 45.4 Å². The minimum absolute atomic E-state index is 0.332. The number of alkyl carbamates (subject to hydrolysis) is 1. The number of fused-ring (bicyclic) bond motifs is 3. The molecule has 0 saturated heterocycles. The Labute approximate surface area is 203 Å². The van der Waals surface area contributed by atoms with Crippen LogP contribution in [0.5, 0.6) is 0 Å². The van der Waals surface area contributed by atoms with Crippen LogP contribution in [0.2, 0.25) is 6.04 Å². The van der Waals surface area contributed by atoms with Gasteiger partial charge in [0.2, 0.25) is 0 Å². The molecule has 0 aliphatic carbocycles. The predicted molar refractivity (Wildman–Crippen MR) is 138 cm³/mol. The van der Waals surface area contributed by atoms with Gasteiger partial charge >= 0.3 is 14.9 Å². The Bertz CT molecular complexity index is 987. The summed E-state index contributed by atoms with van der Waals surface area (Å²) in [5.74, 6) is 0. The van der Waals surface area contributed by atoms with Crippen LogP contribution in [0.1, 0.15) is 27.2 Å². The maximum atomic E-state index is 12.2. The molecule has 0 bridgehead atoms. The van der Waals surface area contributed by atoms with Gasteiger partial charge in [-0.05, 0) is 32.9 Å². The number of rotatable bonds is 14. The largest absolute Gasteiger partial charge is 0.502 e. The Morgan fingerprint density at radius 2 is 1.44 bits per heavy atom. The Kier molecular flexibility index (Phi) is 9.76. The van der Waals surface area contributed by atoms with Crippen LogP contribution in [0.3, 0.4) is 0 Å². The fourth-order valence-corrected chi connectivity index (χ4v) is 6.63. The maximum Gasteiger partial charge on any atom is 0.502 e. The van der Waals surface area contributed by atoms with Gasteiger partial charge in [0.05, 0.1) is 17.6 Å². The number of nitrogens with one attached hydrogen (secondary N) is 1. The summed E-state index contributed by atoms with van der Waals surface area (Å²) < 4.78 is 25.0. The van der Waals surface area contributed by atoms with Crippen LogP contribution in [-0.4, -0.2) is 66.1 Å². The summed E-state index contributed by atoms with van der Waals surface area (Å²) in [6.45, 7) is 8.73. The highest BCUT2D eigenvalue weighted by atomic mass is 28.4. The van der Waals surface area contributed by atoms with Crippen LogP contribution in [-0.2, 0) is 18.0 Å². The molecular formula is C25H37N3O5Si. The quantitative estimate of drug-likeness (QED) is 0.266. The van der Waals surface area contributed by atoms with Gasteiger partial charge in [0.25, 0.3) is 0 Å². The first-order valence-electron chi connectivity index (χ1n) is 12.1. The number of carbonyl (C=O) groups excluding carboxylic acids is 1. The molecule has 9 heteroatoms. The normalized spacial score (nSPS) is 11.8. The van der Waals surface area contributed by atoms with Crippen molar-refractivity contribution in [3.05, 3.63) is 48.5 Å². The zero-order valence-electron chi connectivity index (χ0n) is 20.7. The number of hydrogen-bond donors (Lipinski definition) is 1. The van der Waals surface area contributed by atoms with Gasteiger partial charge in [-0.2, -0.15) is 0 Å². The summed E-state index contributed by atoms with van der Waals surface area (Å²) in [6.07, 6.45) is 0.271. The molecule has 2 aromatic carbocycles. The van der Waals surface area contributed by atoms with Gasteiger partial charge in [-0.25, -0.2) is 4.79 Å². The number of para-hydroxylation sites is 2. The fourth-order valence-electron chi connectivity index (χ4n) is 4.20. The standard InChI is InChI=1S/C25H37N3O5Si/c1-5-31-34(32-6-2,33-7-3)20-17-26-25(29)30-19-12-18-27(4)28-23-15-10-8-13-21(23)22-14-9-11-16-24(22)28/h8-11,13-16H,5-7,12,17-20H2,1-4H3,(H,26,29). The minimum Gasteiger partial charge on any atom is -0.449 e. The van der Waals surface area contributed by atoms with Gasteiger partial charge in [0.15, 0.2) is 0 Å². The summed E-state index contributed by atoms with van der Waals surface area (Å²) in [5.41, 5.74) is 2.32. The van der Waals surface area contributed by atoms with Crippen LogP contribution < -0.4 is 10.3 Å². The molecule has 0 radical (unpaired) electrons. The van der Waals surface area contributed by atoms with Crippen LogP contribution in [0.25, 0.3) is 21.8 Å². The van der Waals surface area contributed by atoms with Crippen molar-refractivity contribution in [2.75, 3.05) is 51.6 Å². The average molecular weight is 488 g/mol. The molecular weight excluding hydrogens is 450 g/mol. The van der Waals surface area contributed by atoms with Gasteiger partial charge in [0.1, 0.15) is 0 Å². The lowest BCUT2D eigenvalue weighted by atomic mass is 10.2. The molecule has 1 amide bonds. The molecule has 3 aromatic rings. The number of nitrogens with zero attached hydrogens (tertiary/aromatic N) is 2. The third-order valence-corrected chi connectivity index (χ3v) is 8.60. The Morgan fingerprint density at radius 1 is 0.912 bits per heavy atom. The zero-order valence-corrected chi connectivity index (χ0v) is 21.7. The van der Waals surface area contributed by atoms with Crippen LogP contribution in [0.4, 0.5) is 4.79 Å². The number of amides is 1. The van der Waals surface area contributed by atoms with E-state index < -0.39 is 14.9 Å². The van der Waals surface area contributed by atoms with Crippen LogP contribution in [0, 0.1) is 0 Å². The summed E-state index contributed by atoms with van der Waals surface area (Å²) in [5, 5.41) is 7.41. The van der Waals surface area contributed by atoms with Gasteiger partial charge in [-0.1, -0.05) is 36.4 Å². The van der Waals surface area contributed by atoms with E-state index in [4.69, 9.17) is 18.0 Å². The highest BCUT2D eigenvalue weighted by Crippen LogP contribution is 2.28. The van der Waals surface area contributed by atoms with E-state index in [0.717, 1.165) is 17.6 Å². The van der Waals surface area contributed by atoms with Crippen molar-refractivity contribution >= 4 is 36.7 Å². The highest BCUT2D eigenvalue weighted by molar-refractivity contribution is 6.60. The number of hydrogen-bond acceptors (Lipinski definition) is 6. The molecule has 0 aliphatic heterocycles. The first-order chi connectivity index (χ1) is 16.5. The molecule has 0 unspecified atom stereocenters. The fraction of sp³-hybridized carbons (Fsp3) is 0.480. The number of carbonyl (C=O) groups is 1. The van der Waals surface area contributed by atoms with E-state index in [-0.39, 0.29) is 0 Å². The molecule has 1 heterocycles. The second kappa shape index (κ2) is 12.8. The van der Waals surface area contributed by atoms with Gasteiger partial charge in [-0.15, -0.1) is 0 Å². The molecule has 0 saturated carbocycles. The molecule has 0 spiro atoms. The average Bonchev–Trinajstić information content (AvgIpc) is 3.17. The first-order valence-corrected chi connectivity index (χ1v) is 14.0. The lowest BCUT2D eigenvalue weighted by Gasteiger charge is -2.28. The highest BCUT2D eigenvalue weighted by Gasteiger charge is 2.40. The van der Waals surface area contributed by atoms with Gasteiger partial charge in [0, 0.05) is 63.2 Å². The topological polar surface area (TPSA) is 74.2 Å². The SMILES string of the molecule is CCO[Si](CCNC(=O)OCCCN(C)n1c2ccccc2c2ccccc21)(OCC)OCC. The minimum atomic E-state index is -2.77. The van der Waals surface area contributed by atoms with Gasteiger partial charge < -0.3 is 28.3 Å². The van der Waals surface area contributed by atoms with Crippen LogP contribution in [0.15, 0.2) is 48.5 Å². The predicted octanol–water partition coefficient (Wildman–Crippen LogP) is 4.53. The van der Waals surface area contributed by atoms with Crippen molar-refractivity contribution in [3.63, 3.8) is 0 Å². The molecule has 34 heavy (non-hydrogen) atoms. The van der Waals surface area contributed by atoms with E-state index in [1.165, 1.54) is 10.8 Å². The van der Waals surface area contributed by atoms with Crippen molar-refractivity contribution in [1.82, 2.24) is 9.99 Å². The molecule has 1 aromatic heterocycles. The molecule has 0 aliphatic rings. The van der Waals surface area contributed by atoms with E-state index in [1.54, 1.807) is 0 Å². The summed E-state index contributed by atoms with van der Waals surface area (Å²) in [6, 6.07) is 17.3. The Hall–Kier alpha value is -2.59. The van der Waals surface area contributed by atoms with Crippen molar-refractivity contribution in [2.24, 2.45) is 0 Å². The monoisotopic (exact) mass is 487 g/mol. The molecule has 0 atom stereocenters. The van der Waals surface area contributed by atoms with Crippen LogP contribution >= 0.6 is 0 Å². The van der Waals surface area contributed by atoms with Crippen molar-refractivity contribution in [2.45, 2.75) is 33.2 Å². The molecule has 0 fully saturated rings. The summed E-state index contributed by atoms with van der Waals surface area (Å²) in [4.78, 5) is 12.2. The Balaban J connectivity index is 1.48. The van der Waals surface area contributed by atoms with Gasteiger partial charge in [-0.3, -0.25) is 4.68 Å². The van der Waals surface area contributed by atoms with E-state index in [2.05, 4.69) is 70.6 Å². The molecule has 8 nitrogen and oxygen atoms in total. The second-order valence-electron chi connectivity index (χ2n) is 7.88. The Morgan fingerprint density at radius 3 is 1.97 bits per heavy atom.